The predicted molar refractivity (Wildman–Crippen MR) is 401 cm³/mol. The third-order valence-electron chi connectivity index (χ3n) is 20.6. The van der Waals surface area contributed by atoms with Crippen molar-refractivity contribution in [1.82, 2.24) is 61.3 Å². The fourth-order valence-corrected chi connectivity index (χ4v) is 13.7. The van der Waals surface area contributed by atoms with Crippen LogP contribution in [0.15, 0.2) is 127 Å². The number of hydrogen-bond donors (Lipinski definition) is 7. The van der Waals surface area contributed by atoms with E-state index in [1.54, 1.807) is 103 Å². The number of carbonyl (C=O) groups is 12. The van der Waals surface area contributed by atoms with Gasteiger partial charge in [0, 0.05) is 80.8 Å². The van der Waals surface area contributed by atoms with E-state index in [9.17, 15) is 43.5 Å². The number of hydrogen-bond acceptors (Lipinski definition) is 18. The number of aromatic hydroxyl groups is 1. The summed E-state index contributed by atoms with van der Waals surface area (Å²) in [4.78, 5) is 183. The molecule has 12 bridgehead atoms. The van der Waals surface area contributed by atoms with Crippen molar-refractivity contribution in [1.29, 1.82) is 0 Å². The number of phenolic OH excluding ortho intramolecular Hbond substituents is 1. The normalized spacial score (nSPS) is 24.7. The van der Waals surface area contributed by atoms with Gasteiger partial charge < -0.3 is 90.1 Å². The first-order valence-electron chi connectivity index (χ1n) is 36.1. The largest absolute Gasteiger partial charge is 0.502 e. The van der Waals surface area contributed by atoms with E-state index in [0.29, 0.717) is 39.3 Å². The first-order valence-corrected chi connectivity index (χ1v) is 36.1. The highest BCUT2D eigenvalue weighted by Gasteiger charge is 2.43. The Morgan fingerprint density at radius 1 is 0.345 bits per heavy atom. The van der Waals surface area contributed by atoms with E-state index in [0.717, 1.165) is 4.90 Å². The van der Waals surface area contributed by atoms with Gasteiger partial charge in [-0.25, -0.2) is 0 Å². The van der Waals surface area contributed by atoms with Gasteiger partial charge in [-0.15, -0.1) is 0 Å². The topological polar surface area (TPSA) is 363 Å². The van der Waals surface area contributed by atoms with E-state index >= 15 is 19.2 Å². The molecule has 110 heavy (non-hydrogen) atoms. The van der Waals surface area contributed by atoms with Gasteiger partial charge in [-0.05, 0) is 148 Å². The van der Waals surface area contributed by atoms with Crippen molar-refractivity contribution in [3.63, 3.8) is 0 Å². The molecule has 6 heterocycles. The average Bonchev–Trinajstić information content (AvgIpc) is 0.794. The standard InChI is InChI=1S/C80H94N12O18/c1-42-69(94)83-44(3)75(100)87(7)58(33-48-15-24-54(106-13)25-16-48)73(98)85-46(5)77(102)91(11)62-35-50-19-28-56(29-20-50)108-65-39-52(37-60(71(96)81-42)89(9)79(62)104)23-32-64(65)110-67-41-53-38-61-72(97)82-43(2)70(95)84-45(4)76(101)88(8)59(34-49-17-26-55(107-14)27-18-49)74(99)86-47(6)78(103)92(12)63(80(105)90(61)10)36-51-21-30-57(31-22-51)109-66(40-53)68(67)93/h15-32,39-47,58-63,93H,33-38H2,1-14H3,(H,81,96)(H,82,97)(H,83,94)(H,84,95)(H,85,98)(H,86,99)/t42-,43-,44+,45+,46+,47+,58+,59+,60+,61+,62+,63?/m1/s1. The van der Waals surface area contributed by atoms with Crippen molar-refractivity contribution < 1.29 is 86.3 Å². The number of methoxy groups -OCH3 is 2. The number of nitrogens with one attached hydrogen (secondary N) is 6. The second-order valence-electron chi connectivity index (χ2n) is 28.4. The molecule has 6 aliphatic heterocycles. The average molecular weight is 1510 g/mol. The molecule has 2 fully saturated rings. The highest BCUT2D eigenvalue weighted by atomic mass is 16.5. The molecule has 582 valence electrons. The molecule has 0 aliphatic carbocycles. The second kappa shape index (κ2) is 34.3. The molecule has 0 saturated carbocycles. The molecule has 30 nitrogen and oxygen atoms in total. The molecule has 2 saturated heterocycles. The van der Waals surface area contributed by atoms with Crippen molar-refractivity contribution in [2.24, 2.45) is 0 Å². The maximum absolute atomic E-state index is 15.5. The molecule has 0 spiro atoms. The molecular weight excluding hydrogens is 1420 g/mol. The highest BCUT2D eigenvalue weighted by molar-refractivity contribution is 6.00. The van der Waals surface area contributed by atoms with Crippen molar-refractivity contribution in [2.75, 3.05) is 56.5 Å². The number of benzene rings is 6. The lowest BCUT2D eigenvalue weighted by Gasteiger charge is -2.37. The fourth-order valence-electron chi connectivity index (χ4n) is 13.7. The number of ether oxygens (including phenoxy) is 5. The number of carbonyl (C=O) groups excluding carboxylic acids is 12. The van der Waals surface area contributed by atoms with E-state index in [2.05, 4.69) is 31.9 Å². The molecule has 30 heteroatoms. The van der Waals surface area contributed by atoms with Crippen LogP contribution in [0.5, 0.6) is 51.7 Å². The molecule has 12 amide bonds. The summed E-state index contributed by atoms with van der Waals surface area (Å²) < 4.78 is 30.4. The molecule has 12 rings (SSSR count). The van der Waals surface area contributed by atoms with Crippen LogP contribution < -0.4 is 55.6 Å². The molecule has 0 aromatic heterocycles. The van der Waals surface area contributed by atoms with Crippen LogP contribution in [0.25, 0.3) is 0 Å². The summed E-state index contributed by atoms with van der Waals surface area (Å²) >= 11 is 0. The van der Waals surface area contributed by atoms with Gasteiger partial charge in [-0.1, -0.05) is 54.6 Å². The molecule has 0 radical (unpaired) electrons. The quantitative estimate of drug-likeness (QED) is 0.115. The fraction of sp³-hybridized carbons (Fsp3) is 0.400. The van der Waals surface area contributed by atoms with E-state index in [4.69, 9.17) is 23.7 Å². The third kappa shape index (κ3) is 18.3. The zero-order valence-corrected chi connectivity index (χ0v) is 63.9. The lowest BCUT2D eigenvalue weighted by Crippen LogP contribution is -2.61. The first-order chi connectivity index (χ1) is 52.2. The van der Waals surface area contributed by atoms with Crippen molar-refractivity contribution in [3.8, 4) is 51.7 Å². The summed E-state index contributed by atoms with van der Waals surface area (Å²) in [5.74, 6) is -8.21. The zero-order chi connectivity index (χ0) is 79.9. The number of likely N-dealkylation sites (N-methyl/N-ethyl adjacent to an activating group) is 6. The minimum absolute atomic E-state index is 0.00390. The Kier molecular flexibility index (Phi) is 25.1. The number of fused-ring (bicyclic) bond motifs is 4. The van der Waals surface area contributed by atoms with Crippen molar-refractivity contribution in [2.45, 2.75) is 153 Å². The van der Waals surface area contributed by atoms with Crippen LogP contribution in [-0.2, 0) is 96.1 Å². The third-order valence-corrected chi connectivity index (χ3v) is 20.6. The van der Waals surface area contributed by atoms with Crippen LogP contribution in [0.3, 0.4) is 0 Å². The molecular formula is C80H94N12O18. The summed E-state index contributed by atoms with van der Waals surface area (Å²) in [5, 5.41) is 28.6. The van der Waals surface area contributed by atoms with Gasteiger partial charge in [-0.3, -0.25) is 57.5 Å². The predicted octanol–water partition coefficient (Wildman–Crippen LogP) is 3.49. The van der Waals surface area contributed by atoms with Gasteiger partial charge in [0.25, 0.3) is 0 Å². The minimum Gasteiger partial charge on any atom is -0.502 e. The molecule has 12 atom stereocenters. The Bertz CT molecular complexity index is 4500. The SMILES string of the molecule is COc1ccc(C[C@H]2C(=O)N[C@@H](C)C(=O)N(C)C3Cc4ccc(cc4)Oc4cc(cc(Oc5ccc6cc5Oc5ccc(cc5)C[C@H]5C(=O)N(C)[C@@H](C6)C(=O)N[C@H](C)C(=O)N[C@@H](C)C(=O)N(C)[C@@H](Cc6ccc(OC)cc6)C(=O)N[C@@H](C)C(=O)N5C)c4O)C[C@@H](C(=O)N[C@H](C)C(=O)N[C@@H](C)C(=O)N2C)N(C)C3=O)cc1. The van der Waals surface area contributed by atoms with Crippen LogP contribution in [0.4, 0.5) is 0 Å². The summed E-state index contributed by atoms with van der Waals surface area (Å²) in [6.07, 6.45) is -0.894. The highest BCUT2D eigenvalue weighted by Crippen LogP contribution is 2.45. The molecule has 6 aromatic rings. The Hall–Kier alpha value is -12.2. The van der Waals surface area contributed by atoms with Crippen molar-refractivity contribution >= 4 is 70.9 Å². The van der Waals surface area contributed by atoms with Gasteiger partial charge in [-0.2, -0.15) is 0 Å². The lowest BCUT2D eigenvalue weighted by molar-refractivity contribution is -0.149. The number of rotatable bonds is 8. The van der Waals surface area contributed by atoms with Gasteiger partial charge in [0.15, 0.2) is 23.0 Å². The summed E-state index contributed by atoms with van der Waals surface area (Å²) in [6.45, 7) is 8.53. The Labute approximate surface area is 637 Å². The molecule has 6 aliphatic rings. The number of nitrogens with zero attached hydrogens (tertiary/aromatic N) is 6. The summed E-state index contributed by atoms with van der Waals surface area (Å²) in [6, 6.07) is 18.4. The van der Waals surface area contributed by atoms with E-state index in [1.165, 1.54) is 147 Å². The van der Waals surface area contributed by atoms with E-state index in [1.807, 2.05) is 0 Å². The van der Waals surface area contributed by atoms with Crippen LogP contribution in [0, 0.1) is 0 Å². The van der Waals surface area contributed by atoms with Crippen LogP contribution in [0.2, 0.25) is 0 Å². The summed E-state index contributed by atoms with van der Waals surface area (Å²) in [5.41, 5.74) is 2.91. The molecule has 7 N–H and O–H groups in total. The smallest absolute Gasteiger partial charge is 0.246 e. The number of phenols is 1. The first kappa shape index (κ1) is 80.3. The van der Waals surface area contributed by atoms with Crippen LogP contribution in [0.1, 0.15) is 74.9 Å². The monoisotopic (exact) mass is 1510 g/mol. The Morgan fingerprint density at radius 2 is 0.673 bits per heavy atom. The van der Waals surface area contributed by atoms with Gasteiger partial charge >= 0.3 is 0 Å². The lowest BCUT2D eigenvalue weighted by atomic mass is 9.98. The second-order valence-corrected chi connectivity index (χ2v) is 28.4. The van der Waals surface area contributed by atoms with Crippen LogP contribution >= 0.6 is 0 Å². The maximum atomic E-state index is 15.5. The maximum Gasteiger partial charge on any atom is 0.246 e. The minimum atomic E-state index is -1.51. The van der Waals surface area contributed by atoms with Gasteiger partial charge in [0.2, 0.25) is 76.6 Å². The summed E-state index contributed by atoms with van der Waals surface area (Å²) in [7, 11) is 11.4. The molecule has 6 aromatic carbocycles. The van der Waals surface area contributed by atoms with Crippen molar-refractivity contribution in [3.05, 3.63) is 161 Å². The Balaban J connectivity index is 0.997. The van der Waals surface area contributed by atoms with Gasteiger partial charge in [0.05, 0.1) is 14.2 Å². The van der Waals surface area contributed by atoms with E-state index in [-0.39, 0.29) is 78.6 Å². The zero-order valence-electron chi connectivity index (χ0n) is 63.9. The molecule has 1 unspecified atom stereocenters. The van der Waals surface area contributed by atoms with Gasteiger partial charge in [0.1, 0.15) is 95.5 Å². The Morgan fingerprint density at radius 3 is 1.07 bits per heavy atom. The van der Waals surface area contributed by atoms with E-state index < -0.39 is 149 Å². The number of amides is 12. The van der Waals surface area contributed by atoms with Crippen LogP contribution in [-0.4, -0.2) is 234 Å².